The van der Waals surface area contributed by atoms with Gasteiger partial charge in [-0.25, -0.2) is 0 Å². The van der Waals surface area contributed by atoms with Crippen molar-refractivity contribution >= 4 is 11.6 Å². The van der Waals surface area contributed by atoms with Gasteiger partial charge in [0.15, 0.2) is 0 Å². The first-order valence-electron chi connectivity index (χ1n) is 9.35. The highest BCUT2D eigenvalue weighted by Gasteiger charge is 2.37. The van der Waals surface area contributed by atoms with Gasteiger partial charge in [-0.15, -0.1) is 0 Å². The lowest BCUT2D eigenvalue weighted by molar-refractivity contribution is -0.143. The van der Waals surface area contributed by atoms with Crippen LogP contribution < -0.4 is 5.32 Å². The minimum Gasteiger partial charge on any atom is -0.385 e. The Bertz CT molecular complexity index is 890. The Hall–Kier alpha value is -2.71. The molecule has 0 bridgehead atoms. The van der Waals surface area contributed by atoms with Gasteiger partial charge in [0, 0.05) is 25.7 Å². The molecule has 1 aliphatic rings. The Balaban J connectivity index is 2.03. The van der Waals surface area contributed by atoms with Gasteiger partial charge in [0.1, 0.15) is 0 Å². The van der Waals surface area contributed by atoms with Gasteiger partial charge in [-0.1, -0.05) is 18.2 Å². The molecule has 1 N–H and O–H groups in total. The molecule has 1 heterocycles. The molecule has 1 atom stereocenters. The predicted molar refractivity (Wildman–Crippen MR) is 99.6 cm³/mol. The van der Waals surface area contributed by atoms with Gasteiger partial charge in [-0.2, -0.15) is 26.3 Å². The van der Waals surface area contributed by atoms with Gasteiger partial charge in [0.2, 0.25) is 5.91 Å². The summed E-state index contributed by atoms with van der Waals surface area (Å²) in [5, 5.41) is 3.24. The number of nitrogens with zero attached hydrogens (tertiary/aromatic N) is 1. The second kappa shape index (κ2) is 8.20. The second-order valence-electron chi connectivity index (χ2n) is 7.23. The van der Waals surface area contributed by atoms with E-state index in [2.05, 4.69) is 5.32 Å². The van der Waals surface area contributed by atoms with Gasteiger partial charge in [-0.05, 0) is 48.2 Å². The zero-order valence-electron chi connectivity index (χ0n) is 16.1. The van der Waals surface area contributed by atoms with Gasteiger partial charge in [-0.3, -0.25) is 4.79 Å². The van der Waals surface area contributed by atoms with Crippen LogP contribution in [0, 0.1) is 0 Å². The predicted octanol–water partition coefficient (Wildman–Crippen LogP) is 6.02. The highest BCUT2D eigenvalue weighted by atomic mass is 19.4. The van der Waals surface area contributed by atoms with Crippen molar-refractivity contribution in [2.45, 2.75) is 44.7 Å². The molecular formula is C21H20F6N2O. The summed E-state index contributed by atoms with van der Waals surface area (Å²) in [6, 6.07) is 8.21. The van der Waals surface area contributed by atoms with Crippen molar-refractivity contribution in [2.24, 2.45) is 0 Å². The van der Waals surface area contributed by atoms with E-state index in [-0.39, 0.29) is 18.2 Å². The van der Waals surface area contributed by atoms with Crippen LogP contribution in [-0.2, 0) is 23.7 Å². The van der Waals surface area contributed by atoms with Gasteiger partial charge < -0.3 is 10.2 Å². The van der Waals surface area contributed by atoms with Crippen molar-refractivity contribution in [2.75, 3.05) is 11.9 Å². The summed E-state index contributed by atoms with van der Waals surface area (Å²) in [6.45, 7) is 1.56. The molecule has 0 saturated carbocycles. The number of benzene rings is 2. The summed E-state index contributed by atoms with van der Waals surface area (Å²) in [4.78, 5) is 13.7. The molecule has 0 fully saturated rings. The average molecular weight is 430 g/mol. The van der Waals surface area contributed by atoms with E-state index in [4.69, 9.17) is 0 Å². The quantitative estimate of drug-likeness (QED) is 0.604. The van der Waals surface area contributed by atoms with Crippen molar-refractivity contribution in [1.29, 1.82) is 0 Å². The van der Waals surface area contributed by atoms with E-state index in [9.17, 15) is 31.1 Å². The van der Waals surface area contributed by atoms with Crippen molar-refractivity contribution in [3.63, 3.8) is 0 Å². The first-order chi connectivity index (χ1) is 14.0. The lowest BCUT2D eigenvalue weighted by atomic mass is 9.98. The third-order valence-electron chi connectivity index (χ3n) is 5.07. The van der Waals surface area contributed by atoms with Crippen LogP contribution in [-0.4, -0.2) is 17.4 Å². The highest BCUT2D eigenvalue weighted by Crippen LogP contribution is 2.38. The third-order valence-corrected chi connectivity index (χ3v) is 5.07. The van der Waals surface area contributed by atoms with E-state index in [1.165, 1.54) is 11.8 Å². The largest absolute Gasteiger partial charge is 0.416 e. The maximum atomic E-state index is 13.2. The van der Waals surface area contributed by atoms with E-state index in [0.29, 0.717) is 31.5 Å². The normalized spacial score (nSPS) is 17.0. The molecule has 0 aliphatic carbocycles. The van der Waals surface area contributed by atoms with Crippen LogP contribution in [0.3, 0.4) is 0 Å². The Morgan fingerprint density at radius 1 is 1.03 bits per heavy atom. The number of halogens is 6. The fourth-order valence-electron chi connectivity index (χ4n) is 3.69. The standard InChI is InChI=1S/C21H20F6N2O/c1-13(30)29(19-7-4-8-28-18-6-3-2-5-17(18)19)12-14-9-15(20(22,23)24)11-16(10-14)21(25,26)27/h2-3,5-6,9-11,19,28H,4,7-8,12H2,1H3. The molecule has 162 valence electrons. The summed E-state index contributed by atoms with van der Waals surface area (Å²) >= 11 is 0. The summed E-state index contributed by atoms with van der Waals surface area (Å²) in [5.74, 6) is -0.428. The maximum Gasteiger partial charge on any atom is 0.416 e. The van der Waals surface area contributed by atoms with Crippen LogP contribution >= 0.6 is 0 Å². The van der Waals surface area contributed by atoms with E-state index in [1.807, 2.05) is 18.2 Å². The summed E-state index contributed by atoms with van der Waals surface area (Å²) < 4.78 is 79.1. The SMILES string of the molecule is CC(=O)N(Cc1cc(C(F)(F)F)cc(C(F)(F)F)c1)C1CCCNc2ccccc21. The first kappa shape index (κ1) is 22.0. The van der Waals surface area contributed by atoms with Gasteiger partial charge in [0.25, 0.3) is 0 Å². The third kappa shape index (κ3) is 4.88. The van der Waals surface area contributed by atoms with Crippen LogP contribution in [0.1, 0.15) is 48.1 Å². The second-order valence-corrected chi connectivity index (χ2v) is 7.23. The number of nitrogens with one attached hydrogen (secondary N) is 1. The molecule has 2 aromatic carbocycles. The van der Waals surface area contributed by atoms with Crippen LogP contribution in [0.2, 0.25) is 0 Å². The summed E-state index contributed by atoms with van der Waals surface area (Å²) in [5.41, 5.74) is -1.42. The fraction of sp³-hybridized carbons (Fsp3) is 0.381. The fourth-order valence-corrected chi connectivity index (χ4v) is 3.69. The zero-order valence-corrected chi connectivity index (χ0v) is 16.1. The molecule has 0 radical (unpaired) electrons. The van der Waals surface area contributed by atoms with E-state index in [0.717, 1.165) is 11.3 Å². The number of rotatable bonds is 3. The minimum atomic E-state index is -4.93. The van der Waals surface area contributed by atoms with Gasteiger partial charge >= 0.3 is 12.4 Å². The molecule has 0 aromatic heterocycles. The Morgan fingerprint density at radius 3 is 2.20 bits per heavy atom. The van der Waals surface area contributed by atoms with Crippen LogP contribution in [0.25, 0.3) is 0 Å². The highest BCUT2D eigenvalue weighted by molar-refractivity contribution is 5.74. The molecule has 3 nitrogen and oxygen atoms in total. The Labute approximate surface area is 169 Å². The maximum absolute atomic E-state index is 13.2. The van der Waals surface area contributed by atoms with Crippen LogP contribution in [0.5, 0.6) is 0 Å². The Kier molecular flexibility index (Phi) is 6.01. The van der Waals surface area contributed by atoms with Crippen LogP contribution in [0.4, 0.5) is 32.0 Å². The summed E-state index contributed by atoms with van der Waals surface area (Å²) in [7, 11) is 0. The minimum absolute atomic E-state index is 0.0898. The number of hydrogen-bond acceptors (Lipinski definition) is 2. The lowest BCUT2D eigenvalue weighted by Crippen LogP contribution is -2.33. The molecule has 0 saturated heterocycles. The topological polar surface area (TPSA) is 32.3 Å². The van der Waals surface area contributed by atoms with E-state index < -0.39 is 35.4 Å². The number of anilines is 1. The molecule has 1 unspecified atom stereocenters. The Morgan fingerprint density at radius 2 is 1.63 bits per heavy atom. The van der Waals surface area contributed by atoms with Crippen molar-refractivity contribution in [3.8, 4) is 0 Å². The molecule has 9 heteroatoms. The molecule has 0 spiro atoms. The van der Waals surface area contributed by atoms with Crippen molar-refractivity contribution < 1.29 is 31.1 Å². The van der Waals surface area contributed by atoms with Gasteiger partial charge in [0.05, 0.1) is 17.2 Å². The molecule has 1 aliphatic heterocycles. The zero-order chi connectivity index (χ0) is 22.1. The number of fused-ring (bicyclic) bond motifs is 1. The van der Waals surface area contributed by atoms with Crippen molar-refractivity contribution in [1.82, 2.24) is 4.90 Å². The first-order valence-corrected chi connectivity index (χ1v) is 9.35. The number of alkyl halides is 6. The smallest absolute Gasteiger partial charge is 0.385 e. The van der Waals surface area contributed by atoms with E-state index in [1.54, 1.807) is 6.07 Å². The monoisotopic (exact) mass is 430 g/mol. The summed E-state index contributed by atoms with van der Waals surface area (Å²) in [6.07, 6.45) is -8.64. The average Bonchev–Trinajstić information content (AvgIpc) is 2.87. The number of para-hydroxylation sites is 1. The number of carbonyl (C=O) groups is 1. The number of hydrogen-bond donors (Lipinski definition) is 1. The molecule has 1 amide bonds. The number of amides is 1. The number of carbonyl (C=O) groups excluding carboxylic acids is 1. The molecule has 30 heavy (non-hydrogen) atoms. The van der Waals surface area contributed by atoms with Crippen LogP contribution in [0.15, 0.2) is 42.5 Å². The van der Waals surface area contributed by atoms with E-state index >= 15 is 0 Å². The molecule has 2 aromatic rings. The molecule has 3 rings (SSSR count). The molecular weight excluding hydrogens is 410 g/mol. The lowest BCUT2D eigenvalue weighted by Gasteiger charge is -2.32. The van der Waals surface area contributed by atoms with Crippen molar-refractivity contribution in [3.05, 3.63) is 64.7 Å².